The van der Waals surface area contributed by atoms with Crippen LogP contribution in [0.4, 0.5) is 4.39 Å². The summed E-state index contributed by atoms with van der Waals surface area (Å²) < 4.78 is 12.9. The van der Waals surface area contributed by atoms with Crippen LogP contribution in [0, 0.1) is 5.82 Å². The number of nitrogens with zero attached hydrogens (tertiary/aromatic N) is 1. The minimum atomic E-state index is -1.29. The molecule has 74 valence electrons. The van der Waals surface area contributed by atoms with E-state index in [1.54, 1.807) is 12.2 Å². The molecule has 0 bridgehead atoms. The molecule has 1 heterocycles. The summed E-state index contributed by atoms with van der Waals surface area (Å²) >= 11 is 3.16. The van der Waals surface area contributed by atoms with E-state index >= 15 is 0 Å². The van der Waals surface area contributed by atoms with Crippen LogP contribution in [0.2, 0.25) is 0 Å². The van der Waals surface area contributed by atoms with E-state index in [2.05, 4.69) is 20.9 Å². The molecule has 0 radical (unpaired) electrons. The minimum absolute atomic E-state index is 0.366. The smallest absolute Gasteiger partial charge is 0.338 e. The molecule has 0 saturated carbocycles. The second-order valence-electron chi connectivity index (χ2n) is 2.45. The summed E-state index contributed by atoms with van der Waals surface area (Å²) in [5, 5.41) is 9.25. The molecular formula is C9H7BrFNO2. The highest BCUT2D eigenvalue weighted by atomic mass is 79.9. The molecule has 0 atom stereocenters. The number of carbonyl (C=O) groups is 1. The van der Waals surface area contributed by atoms with Gasteiger partial charge in [0, 0.05) is 5.33 Å². The molecule has 14 heavy (non-hydrogen) atoms. The number of hydrogen-bond donors (Lipinski definition) is 1. The Balaban J connectivity index is 3.06. The average molecular weight is 260 g/mol. The van der Waals surface area contributed by atoms with Crippen LogP contribution in [0.15, 0.2) is 18.3 Å². The maximum atomic E-state index is 12.9. The molecule has 0 spiro atoms. The van der Waals surface area contributed by atoms with E-state index in [9.17, 15) is 9.18 Å². The van der Waals surface area contributed by atoms with Crippen molar-refractivity contribution in [2.75, 3.05) is 5.33 Å². The number of carboxylic acid groups (broad SMARTS) is 1. The van der Waals surface area contributed by atoms with Crippen molar-refractivity contribution in [2.24, 2.45) is 0 Å². The van der Waals surface area contributed by atoms with Crippen LogP contribution in [0.1, 0.15) is 16.1 Å². The van der Waals surface area contributed by atoms with E-state index in [-0.39, 0.29) is 5.56 Å². The van der Waals surface area contributed by atoms with E-state index in [1.165, 1.54) is 6.07 Å². The van der Waals surface area contributed by atoms with Gasteiger partial charge < -0.3 is 5.11 Å². The molecule has 0 fully saturated rings. The second kappa shape index (κ2) is 4.85. The molecule has 5 heteroatoms. The van der Waals surface area contributed by atoms with Crippen LogP contribution in [0.3, 0.4) is 0 Å². The lowest BCUT2D eigenvalue weighted by Gasteiger charge is -1.97. The van der Waals surface area contributed by atoms with Crippen LogP contribution < -0.4 is 0 Å². The van der Waals surface area contributed by atoms with E-state index < -0.39 is 11.8 Å². The van der Waals surface area contributed by atoms with Gasteiger partial charge in [-0.2, -0.15) is 0 Å². The minimum Gasteiger partial charge on any atom is -0.478 e. The van der Waals surface area contributed by atoms with Crippen molar-refractivity contribution in [1.82, 2.24) is 4.98 Å². The fourth-order valence-electron chi connectivity index (χ4n) is 0.875. The van der Waals surface area contributed by atoms with Gasteiger partial charge in [-0.1, -0.05) is 22.0 Å². The van der Waals surface area contributed by atoms with Gasteiger partial charge in [0.15, 0.2) is 5.82 Å². The third-order valence-corrected chi connectivity index (χ3v) is 1.86. The van der Waals surface area contributed by atoms with Gasteiger partial charge in [-0.15, -0.1) is 0 Å². The van der Waals surface area contributed by atoms with Crippen LogP contribution in [0.25, 0.3) is 6.08 Å². The fourth-order valence-corrected chi connectivity index (χ4v) is 1.06. The monoisotopic (exact) mass is 259 g/mol. The van der Waals surface area contributed by atoms with Gasteiger partial charge in [0.1, 0.15) is 0 Å². The molecule has 0 aliphatic heterocycles. The van der Waals surface area contributed by atoms with Gasteiger partial charge in [-0.3, -0.25) is 4.98 Å². The lowest BCUT2D eigenvalue weighted by Crippen LogP contribution is -2.01. The summed E-state index contributed by atoms with van der Waals surface area (Å²) in [7, 11) is 0. The molecule has 0 aliphatic carbocycles. The zero-order chi connectivity index (χ0) is 10.6. The zero-order valence-electron chi connectivity index (χ0n) is 7.08. The highest BCUT2D eigenvalue weighted by molar-refractivity contribution is 9.09. The van der Waals surface area contributed by atoms with Crippen molar-refractivity contribution in [2.45, 2.75) is 0 Å². The quantitative estimate of drug-likeness (QED) is 0.848. The molecule has 1 N–H and O–H groups in total. The number of halogens is 2. The molecule has 0 aromatic carbocycles. The molecule has 0 amide bonds. The van der Waals surface area contributed by atoms with Crippen molar-refractivity contribution in [3.05, 3.63) is 35.4 Å². The average Bonchev–Trinajstić information content (AvgIpc) is 2.16. The normalized spacial score (nSPS) is 10.7. The molecule has 0 aliphatic rings. The lowest BCUT2D eigenvalue weighted by molar-refractivity contribution is 0.0691. The largest absolute Gasteiger partial charge is 0.478 e. The van der Waals surface area contributed by atoms with Crippen molar-refractivity contribution >= 4 is 28.0 Å². The van der Waals surface area contributed by atoms with Gasteiger partial charge in [0.2, 0.25) is 0 Å². The van der Waals surface area contributed by atoms with E-state index in [0.29, 0.717) is 11.0 Å². The number of hydrogen-bond acceptors (Lipinski definition) is 2. The standard InChI is InChI=1S/C9H7BrFNO2/c10-3-1-2-6-4-7(9(13)14)8(11)5-12-6/h1-2,4-5H,3H2,(H,13,14). The summed E-state index contributed by atoms with van der Waals surface area (Å²) in [5.74, 6) is -2.12. The first-order valence-electron chi connectivity index (χ1n) is 3.76. The summed E-state index contributed by atoms with van der Waals surface area (Å²) in [6, 6.07) is 1.19. The summed E-state index contributed by atoms with van der Waals surface area (Å²) in [4.78, 5) is 14.3. The third-order valence-electron chi connectivity index (χ3n) is 1.48. The first-order valence-corrected chi connectivity index (χ1v) is 4.88. The van der Waals surface area contributed by atoms with Gasteiger partial charge in [-0.25, -0.2) is 9.18 Å². The van der Waals surface area contributed by atoms with Crippen LogP contribution in [-0.4, -0.2) is 21.4 Å². The number of aromatic nitrogens is 1. The van der Waals surface area contributed by atoms with E-state index in [0.717, 1.165) is 6.20 Å². The Bertz CT molecular complexity index is 379. The van der Waals surface area contributed by atoms with Crippen molar-refractivity contribution in [1.29, 1.82) is 0 Å². The number of aromatic carboxylic acids is 1. The Labute approximate surface area is 88.4 Å². The summed E-state index contributed by atoms with van der Waals surface area (Å²) in [6.07, 6.45) is 4.25. The molecule has 1 aromatic heterocycles. The van der Waals surface area contributed by atoms with Crippen LogP contribution in [-0.2, 0) is 0 Å². The first kappa shape index (κ1) is 10.8. The fraction of sp³-hybridized carbons (Fsp3) is 0.111. The van der Waals surface area contributed by atoms with Crippen molar-refractivity contribution in [3.63, 3.8) is 0 Å². The van der Waals surface area contributed by atoms with Crippen LogP contribution >= 0.6 is 15.9 Å². The summed E-state index contributed by atoms with van der Waals surface area (Å²) in [6.45, 7) is 0. The molecule has 0 unspecified atom stereocenters. The second-order valence-corrected chi connectivity index (χ2v) is 3.10. The first-order chi connectivity index (χ1) is 6.65. The number of allylic oxidation sites excluding steroid dienone is 1. The van der Waals surface area contributed by atoms with Crippen molar-refractivity contribution in [3.8, 4) is 0 Å². The maximum absolute atomic E-state index is 12.9. The molecule has 1 rings (SSSR count). The van der Waals surface area contributed by atoms with E-state index in [1.807, 2.05) is 0 Å². The maximum Gasteiger partial charge on any atom is 0.338 e. The van der Waals surface area contributed by atoms with E-state index in [4.69, 9.17) is 5.11 Å². The summed E-state index contributed by atoms with van der Waals surface area (Å²) in [5.41, 5.74) is 0.0532. The molecule has 3 nitrogen and oxygen atoms in total. The number of rotatable bonds is 3. The van der Waals surface area contributed by atoms with Gasteiger partial charge in [-0.05, 0) is 12.1 Å². The van der Waals surface area contributed by atoms with Gasteiger partial charge in [0.25, 0.3) is 0 Å². The molecule has 0 saturated heterocycles. The van der Waals surface area contributed by atoms with Crippen LogP contribution in [0.5, 0.6) is 0 Å². The SMILES string of the molecule is O=C(O)c1cc(C=CCBr)ncc1F. The number of pyridine rings is 1. The number of alkyl halides is 1. The highest BCUT2D eigenvalue weighted by Gasteiger charge is 2.10. The Hall–Kier alpha value is -1.23. The zero-order valence-corrected chi connectivity index (χ0v) is 8.66. The third kappa shape index (κ3) is 2.63. The Morgan fingerprint density at radius 3 is 3.00 bits per heavy atom. The van der Waals surface area contributed by atoms with Gasteiger partial charge in [0.05, 0.1) is 17.5 Å². The lowest BCUT2D eigenvalue weighted by atomic mass is 10.2. The predicted octanol–water partition coefficient (Wildman–Crippen LogP) is 2.33. The molecular weight excluding hydrogens is 253 g/mol. The van der Waals surface area contributed by atoms with Gasteiger partial charge >= 0.3 is 5.97 Å². The predicted molar refractivity (Wildman–Crippen MR) is 54.0 cm³/mol. The van der Waals surface area contributed by atoms with Crippen molar-refractivity contribution < 1.29 is 14.3 Å². The Morgan fingerprint density at radius 2 is 2.43 bits per heavy atom. The number of carboxylic acids is 1. The Kier molecular flexibility index (Phi) is 3.76. The topological polar surface area (TPSA) is 50.2 Å². The Morgan fingerprint density at radius 1 is 1.71 bits per heavy atom. The molecule has 1 aromatic rings. The highest BCUT2D eigenvalue weighted by Crippen LogP contribution is 2.09.